The zero-order valence-corrected chi connectivity index (χ0v) is 14.8. The van der Waals surface area contributed by atoms with Crippen LogP contribution >= 0.6 is 0 Å². The lowest BCUT2D eigenvalue weighted by Gasteiger charge is -2.15. The Hall–Kier alpha value is -2.67. The highest BCUT2D eigenvalue weighted by Crippen LogP contribution is 2.25. The summed E-state index contributed by atoms with van der Waals surface area (Å²) in [5.41, 5.74) is 2.93. The molecule has 2 amide bonds. The molecule has 2 aromatic rings. The van der Waals surface area contributed by atoms with Crippen LogP contribution in [0.2, 0.25) is 0 Å². The first kappa shape index (κ1) is 17.2. The smallest absolute Gasteiger partial charge is 0.261 e. The Labute approximate surface area is 146 Å². The van der Waals surface area contributed by atoms with Gasteiger partial charge in [0.15, 0.2) is 0 Å². The second-order valence-corrected chi connectivity index (χ2v) is 7.70. The minimum atomic E-state index is -3.75. The number of aryl methyl sites for hydroxylation is 2. The Morgan fingerprint density at radius 2 is 1.48 bits per heavy atom. The molecule has 0 saturated carbocycles. The molecule has 0 aromatic heterocycles. The lowest BCUT2D eigenvalue weighted by molar-refractivity contribution is -0.121. The maximum absolute atomic E-state index is 12.5. The molecule has 6 nitrogen and oxygen atoms in total. The average Bonchev–Trinajstić information content (AvgIpc) is 2.90. The number of imide groups is 1. The van der Waals surface area contributed by atoms with Gasteiger partial charge in [0.2, 0.25) is 11.8 Å². The molecule has 1 fully saturated rings. The van der Waals surface area contributed by atoms with Crippen molar-refractivity contribution >= 4 is 33.2 Å². The van der Waals surface area contributed by atoms with E-state index in [9.17, 15) is 18.0 Å². The topological polar surface area (TPSA) is 83.6 Å². The molecule has 1 aliphatic heterocycles. The van der Waals surface area contributed by atoms with Crippen LogP contribution in [0.25, 0.3) is 0 Å². The number of carbonyl (C=O) groups is 2. The van der Waals surface area contributed by atoms with Crippen molar-refractivity contribution in [2.24, 2.45) is 0 Å². The van der Waals surface area contributed by atoms with E-state index in [0.29, 0.717) is 11.4 Å². The quantitative estimate of drug-likeness (QED) is 0.852. The zero-order valence-electron chi connectivity index (χ0n) is 13.9. The van der Waals surface area contributed by atoms with Crippen LogP contribution in [0.1, 0.15) is 24.0 Å². The van der Waals surface area contributed by atoms with Crippen LogP contribution in [0.5, 0.6) is 0 Å². The van der Waals surface area contributed by atoms with Gasteiger partial charge in [-0.25, -0.2) is 8.42 Å². The van der Waals surface area contributed by atoms with Crippen LogP contribution in [0.4, 0.5) is 11.4 Å². The number of nitrogens with zero attached hydrogens (tertiary/aromatic N) is 1. The monoisotopic (exact) mass is 358 g/mol. The molecule has 0 aliphatic carbocycles. The van der Waals surface area contributed by atoms with Crippen LogP contribution in [0.15, 0.2) is 47.4 Å². The van der Waals surface area contributed by atoms with Crippen molar-refractivity contribution in [2.45, 2.75) is 31.6 Å². The molecular formula is C18H18N2O4S. The summed E-state index contributed by atoms with van der Waals surface area (Å²) in [5, 5.41) is 0. The second kappa shape index (κ2) is 6.33. The van der Waals surface area contributed by atoms with Gasteiger partial charge >= 0.3 is 0 Å². The summed E-state index contributed by atoms with van der Waals surface area (Å²) in [4.78, 5) is 24.6. The van der Waals surface area contributed by atoms with E-state index in [2.05, 4.69) is 4.72 Å². The van der Waals surface area contributed by atoms with Gasteiger partial charge in [-0.15, -0.1) is 0 Å². The number of benzene rings is 2. The van der Waals surface area contributed by atoms with Crippen molar-refractivity contribution in [3.05, 3.63) is 53.6 Å². The molecule has 1 saturated heterocycles. The lowest BCUT2D eigenvalue weighted by atomic mass is 10.1. The van der Waals surface area contributed by atoms with Crippen LogP contribution in [-0.2, 0) is 19.6 Å². The highest BCUT2D eigenvalue weighted by molar-refractivity contribution is 7.92. The van der Waals surface area contributed by atoms with Gasteiger partial charge in [-0.05, 0) is 61.4 Å². The Kier molecular flexibility index (Phi) is 4.34. The molecular weight excluding hydrogens is 340 g/mol. The highest BCUT2D eigenvalue weighted by atomic mass is 32.2. The Morgan fingerprint density at radius 1 is 0.880 bits per heavy atom. The number of nitrogens with one attached hydrogen (secondary N) is 1. The number of hydrogen-bond donors (Lipinski definition) is 1. The molecule has 0 atom stereocenters. The predicted molar refractivity (Wildman–Crippen MR) is 94.9 cm³/mol. The first-order valence-electron chi connectivity index (χ1n) is 7.84. The molecule has 0 bridgehead atoms. The fraction of sp³-hybridized carbons (Fsp3) is 0.222. The molecule has 25 heavy (non-hydrogen) atoms. The fourth-order valence-electron chi connectivity index (χ4n) is 2.66. The van der Waals surface area contributed by atoms with Crippen molar-refractivity contribution < 1.29 is 18.0 Å². The van der Waals surface area contributed by atoms with Crippen molar-refractivity contribution in [3.63, 3.8) is 0 Å². The number of amides is 2. The summed E-state index contributed by atoms with van der Waals surface area (Å²) in [6, 6.07) is 11.0. The maximum atomic E-state index is 12.5. The maximum Gasteiger partial charge on any atom is 0.261 e. The molecule has 2 aromatic carbocycles. The van der Waals surface area contributed by atoms with E-state index in [1.54, 1.807) is 12.1 Å². The molecule has 1 N–H and O–H groups in total. The Bertz CT molecular complexity index is 934. The fourth-order valence-corrected chi connectivity index (χ4v) is 3.71. The first-order valence-corrected chi connectivity index (χ1v) is 9.32. The number of hydrogen-bond acceptors (Lipinski definition) is 4. The van der Waals surface area contributed by atoms with E-state index >= 15 is 0 Å². The van der Waals surface area contributed by atoms with Gasteiger partial charge in [0.05, 0.1) is 10.6 Å². The largest absolute Gasteiger partial charge is 0.280 e. The molecule has 7 heteroatoms. The molecule has 1 heterocycles. The lowest BCUT2D eigenvalue weighted by Crippen LogP contribution is -2.28. The third-order valence-electron chi connectivity index (χ3n) is 4.22. The van der Waals surface area contributed by atoms with Crippen LogP contribution in [-0.4, -0.2) is 20.2 Å². The van der Waals surface area contributed by atoms with Gasteiger partial charge in [0, 0.05) is 18.5 Å². The van der Waals surface area contributed by atoms with E-state index in [1.165, 1.54) is 24.3 Å². The number of sulfonamides is 1. The highest BCUT2D eigenvalue weighted by Gasteiger charge is 2.30. The normalized spacial score (nSPS) is 14.9. The molecule has 0 radical (unpaired) electrons. The van der Waals surface area contributed by atoms with Crippen molar-refractivity contribution in [1.29, 1.82) is 0 Å². The standard InChI is InChI=1S/C18H18N2O4S/c1-12-3-4-14(11-13(12)2)19-25(23,24)16-7-5-15(6-8-16)20-17(21)9-10-18(20)22/h3-8,11,19H,9-10H2,1-2H3. The van der Waals surface area contributed by atoms with Crippen molar-refractivity contribution in [1.82, 2.24) is 0 Å². The summed E-state index contributed by atoms with van der Waals surface area (Å²) in [5.74, 6) is -0.539. The van der Waals surface area contributed by atoms with Crippen molar-refractivity contribution in [3.8, 4) is 0 Å². The van der Waals surface area contributed by atoms with E-state index in [4.69, 9.17) is 0 Å². The third kappa shape index (κ3) is 3.41. The zero-order chi connectivity index (χ0) is 18.2. The molecule has 1 aliphatic rings. The molecule has 3 rings (SSSR count). The van der Waals surface area contributed by atoms with E-state index in [-0.39, 0.29) is 29.6 Å². The summed E-state index contributed by atoms with van der Waals surface area (Å²) < 4.78 is 27.5. The minimum absolute atomic E-state index is 0.0635. The Balaban J connectivity index is 1.84. The first-order chi connectivity index (χ1) is 11.8. The van der Waals surface area contributed by atoms with Crippen LogP contribution < -0.4 is 9.62 Å². The summed E-state index contributed by atoms with van der Waals surface area (Å²) in [6.45, 7) is 3.86. The van der Waals surface area contributed by atoms with Gasteiger partial charge in [0.25, 0.3) is 10.0 Å². The van der Waals surface area contributed by atoms with E-state index in [1.807, 2.05) is 19.9 Å². The second-order valence-electron chi connectivity index (χ2n) is 6.02. The Morgan fingerprint density at radius 3 is 2.04 bits per heavy atom. The van der Waals surface area contributed by atoms with Gasteiger partial charge in [-0.2, -0.15) is 0 Å². The number of anilines is 2. The molecule has 130 valence electrons. The SMILES string of the molecule is Cc1ccc(NS(=O)(=O)c2ccc(N3C(=O)CCC3=O)cc2)cc1C. The van der Waals surface area contributed by atoms with Gasteiger partial charge in [-0.3, -0.25) is 19.2 Å². The number of carbonyl (C=O) groups excluding carboxylic acids is 2. The van der Waals surface area contributed by atoms with Crippen LogP contribution in [0, 0.1) is 13.8 Å². The van der Waals surface area contributed by atoms with Gasteiger partial charge in [-0.1, -0.05) is 6.07 Å². The summed E-state index contributed by atoms with van der Waals surface area (Å²) >= 11 is 0. The van der Waals surface area contributed by atoms with Crippen LogP contribution in [0.3, 0.4) is 0 Å². The predicted octanol–water partition coefficient (Wildman–Crippen LogP) is 2.76. The van der Waals surface area contributed by atoms with E-state index in [0.717, 1.165) is 16.0 Å². The summed E-state index contributed by atoms with van der Waals surface area (Å²) in [6.07, 6.45) is 0.375. The van der Waals surface area contributed by atoms with Crippen molar-refractivity contribution in [2.75, 3.05) is 9.62 Å². The van der Waals surface area contributed by atoms with Gasteiger partial charge in [0.1, 0.15) is 0 Å². The minimum Gasteiger partial charge on any atom is -0.280 e. The average molecular weight is 358 g/mol. The molecule has 0 unspecified atom stereocenters. The third-order valence-corrected chi connectivity index (χ3v) is 5.61. The van der Waals surface area contributed by atoms with E-state index < -0.39 is 10.0 Å². The molecule has 0 spiro atoms. The summed E-state index contributed by atoms with van der Waals surface area (Å²) in [7, 11) is -3.75. The number of rotatable bonds is 4. The van der Waals surface area contributed by atoms with Gasteiger partial charge < -0.3 is 0 Å².